The van der Waals surface area contributed by atoms with Gasteiger partial charge in [-0.1, -0.05) is 6.07 Å². The largest absolute Gasteiger partial charge is 0.430 e. The maximum atomic E-state index is 12.7. The summed E-state index contributed by atoms with van der Waals surface area (Å²) in [5.41, 5.74) is 2.28. The molecule has 0 aliphatic carbocycles. The van der Waals surface area contributed by atoms with Gasteiger partial charge in [0, 0.05) is 18.0 Å². The maximum Gasteiger partial charge on any atom is 0.430 e. The normalized spacial score (nSPS) is 24.4. The average Bonchev–Trinajstić information content (AvgIpc) is 3.51. The first-order chi connectivity index (χ1) is 14.8. The summed E-state index contributed by atoms with van der Waals surface area (Å²) in [5, 5.41) is 6.89. The summed E-state index contributed by atoms with van der Waals surface area (Å²) in [4.78, 5) is 32.9. The molecule has 168 valence electrons. The summed E-state index contributed by atoms with van der Waals surface area (Å²) in [6.07, 6.45) is -7.54. The molecule has 3 N–H and O–H groups in total. The quantitative estimate of drug-likeness (QED) is 0.612. The molecule has 3 atom stereocenters. The van der Waals surface area contributed by atoms with Crippen LogP contribution in [0.3, 0.4) is 0 Å². The van der Waals surface area contributed by atoms with Crippen LogP contribution in [0.1, 0.15) is 30.4 Å². The minimum Gasteiger partial charge on any atom is -0.377 e. The zero-order valence-corrected chi connectivity index (χ0v) is 17.6. The Balaban J connectivity index is 1.34. The lowest BCUT2D eigenvalue weighted by atomic mass is 10.2. The minimum atomic E-state index is -4.55. The molecule has 13 heteroatoms. The molecule has 4 rings (SSSR count). The van der Waals surface area contributed by atoms with Gasteiger partial charge in [0.25, 0.3) is 11.8 Å². The number of hydrogen-bond donors (Lipinski definition) is 3. The van der Waals surface area contributed by atoms with Gasteiger partial charge in [0.15, 0.2) is 0 Å². The molecule has 3 unspecified atom stereocenters. The number of alkyl halides is 3. The van der Waals surface area contributed by atoms with E-state index in [-0.39, 0.29) is 24.4 Å². The van der Waals surface area contributed by atoms with E-state index in [9.17, 15) is 22.8 Å². The van der Waals surface area contributed by atoms with Gasteiger partial charge in [0.1, 0.15) is 6.17 Å². The lowest BCUT2D eigenvalue weighted by molar-refractivity contribution is -0.224. The molecule has 2 fully saturated rings. The molecule has 2 aliphatic rings. The third-order valence-electron chi connectivity index (χ3n) is 4.77. The number of morpholine rings is 1. The van der Waals surface area contributed by atoms with Crippen LogP contribution in [-0.2, 0) is 9.57 Å². The first-order valence-electron chi connectivity index (χ1n) is 9.37. The van der Waals surface area contributed by atoms with Crippen LogP contribution < -0.4 is 16.1 Å². The Hall–Kier alpha value is -2.03. The number of nitrogens with zero attached hydrogens (tertiary/aromatic N) is 1. The van der Waals surface area contributed by atoms with Gasteiger partial charge >= 0.3 is 6.18 Å². The van der Waals surface area contributed by atoms with Crippen LogP contribution in [0, 0.1) is 0 Å². The molecule has 2 aliphatic heterocycles. The van der Waals surface area contributed by atoms with Crippen LogP contribution in [0.5, 0.6) is 0 Å². The number of halogens is 3. The second-order valence-corrected chi connectivity index (χ2v) is 8.94. The van der Waals surface area contributed by atoms with E-state index in [1.807, 2.05) is 5.38 Å². The molecule has 8 nitrogen and oxygen atoms in total. The fraction of sp³-hybridized carbons (Fsp3) is 0.444. The fourth-order valence-electron chi connectivity index (χ4n) is 3.22. The third kappa shape index (κ3) is 5.07. The molecule has 4 heterocycles. The highest BCUT2D eigenvalue weighted by Crippen LogP contribution is 2.30. The zero-order chi connectivity index (χ0) is 22.0. The smallest absolute Gasteiger partial charge is 0.377 e. The minimum absolute atomic E-state index is 0.103. The highest BCUT2D eigenvalue weighted by atomic mass is 32.1. The van der Waals surface area contributed by atoms with Crippen LogP contribution in [0.15, 0.2) is 29.6 Å². The van der Waals surface area contributed by atoms with Gasteiger partial charge in [-0.15, -0.1) is 22.7 Å². The molecular weight excluding hydrogens is 457 g/mol. The van der Waals surface area contributed by atoms with Gasteiger partial charge in [-0.3, -0.25) is 19.7 Å². The Bertz CT molecular complexity index is 921. The van der Waals surface area contributed by atoms with Crippen molar-refractivity contribution in [3.63, 3.8) is 0 Å². The molecule has 0 radical (unpaired) electrons. The van der Waals surface area contributed by atoms with Crippen molar-refractivity contribution >= 4 is 34.5 Å². The van der Waals surface area contributed by atoms with Crippen LogP contribution in [0.4, 0.5) is 13.2 Å². The van der Waals surface area contributed by atoms with E-state index < -0.39 is 18.6 Å². The molecule has 0 aromatic carbocycles. The van der Waals surface area contributed by atoms with Crippen molar-refractivity contribution in [2.24, 2.45) is 0 Å². The van der Waals surface area contributed by atoms with Crippen molar-refractivity contribution < 1.29 is 32.3 Å². The van der Waals surface area contributed by atoms with E-state index in [2.05, 4.69) is 21.0 Å². The number of hydrogen-bond acceptors (Lipinski definition) is 8. The zero-order valence-electron chi connectivity index (χ0n) is 16.0. The van der Waals surface area contributed by atoms with Crippen molar-refractivity contribution in [2.45, 2.75) is 24.6 Å². The fourth-order valence-corrected chi connectivity index (χ4v) is 4.82. The molecule has 2 aromatic heterocycles. The summed E-state index contributed by atoms with van der Waals surface area (Å²) in [7, 11) is 0. The molecule has 0 bridgehead atoms. The highest BCUT2D eigenvalue weighted by Gasteiger charge is 2.46. The monoisotopic (exact) mass is 476 g/mol. The van der Waals surface area contributed by atoms with E-state index >= 15 is 0 Å². The first-order valence-corrected chi connectivity index (χ1v) is 11.1. The summed E-state index contributed by atoms with van der Waals surface area (Å²) in [5.74, 6) is -0.481. The van der Waals surface area contributed by atoms with E-state index in [0.717, 1.165) is 11.3 Å². The predicted octanol–water partition coefficient (Wildman–Crippen LogP) is 2.09. The summed E-state index contributed by atoms with van der Waals surface area (Å²) in [6, 6.07) is 6.34. The lowest BCUT2D eigenvalue weighted by Crippen LogP contribution is -2.53. The Morgan fingerprint density at radius 2 is 2.10 bits per heavy atom. The van der Waals surface area contributed by atoms with Gasteiger partial charge in [-0.05, 0) is 23.6 Å². The summed E-state index contributed by atoms with van der Waals surface area (Å²) in [6.45, 7) is 1.36. The van der Waals surface area contributed by atoms with E-state index in [1.54, 1.807) is 23.1 Å². The SMILES string of the molecule is O=C(NCC1COCCN1C(=O)c1cccs1)c1ccc(C2NOC(C(F)(F)F)N2)s1. The average molecular weight is 477 g/mol. The third-order valence-corrected chi connectivity index (χ3v) is 6.78. The molecule has 31 heavy (non-hydrogen) atoms. The van der Waals surface area contributed by atoms with Crippen LogP contribution in [-0.4, -0.2) is 61.5 Å². The number of hydroxylamine groups is 1. The van der Waals surface area contributed by atoms with Gasteiger partial charge in [0.2, 0.25) is 6.23 Å². The number of carbonyl (C=O) groups excluding carboxylic acids is 2. The summed E-state index contributed by atoms with van der Waals surface area (Å²) < 4.78 is 43.6. The second-order valence-electron chi connectivity index (χ2n) is 6.87. The molecule has 2 amide bonds. The Kier molecular flexibility index (Phi) is 6.60. The molecule has 2 aromatic rings. The van der Waals surface area contributed by atoms with Crippen molar-refractivity contribution in [1.29, 1.82) is 0 Å². The lowest BCUT2D eigenvalue weighted by Gasteiger charge is -2.35. The summed E-state index contributed by atoms with van der Waals surface area (Å²) >= 11 is 2.40. The van der Waals surface area contributed by atoms with Gasteiger partial charge in [-0.2, -0.15) is 18.7 Å². The van der Waals surface area contributed by atoms with E-state index in [4.69, 9.17) is 4.74 Å². The van der Waals surface area contributed by atoms with Crippen molar-refractivity contribution in [2.75, 3.05) is 26.3 Å². The number of amides is 2. The maximum absolute atomic E-state index is 12.7. The number of rotatable bonds is 5. The number of carbonyl (C=O) groups is 2. The van der Waals surface area contributed by atoms with Crippen LogP contribution in [0.2, 0.25) is 0 Å². The predicted molar refractivity (Wildman–Crippen MR) is 107 cm³/mol. The van der Waals surface area contributed by atoms with Crippen LogP contribution >= 0.6 is 22.7 Å². The molecule has 2 saturated heterocycles. The highest BCUT2D eigenvalue weighted by molar-refractivity contribution is 7.14. The van der Waals surface area contributed by atoms with Crippen LogP contribution in [0.25, 0.3) is 0 Å². The van der Waals surface area contributed by atoms with Crippen molar-refractivity contribution in [3.05, 3.63) is 44.3 Å². The number of thiophene rings is 2. The topological polar surface area (TPSA) is 91.9 Å². The van der Waals surface area contributed by atoms with Gasteiger partial charge < -0.3 is 15.0 Å². The van der Waals surface area contributed by atoms with Crippen molar-refractivity contribution in [3.8, 4) is 0 Å². The Morgan fingerprint density at radius 1 is 1.26 bits per heavy atom. The Labute approximate surface area is 183 Å². The van der Waals surface area contributed by atoms with E-state index in [0.29, 0.717) is 34.4 Å². The Morgan fingerprint density at radius 3 is 2.81 bits per heavy atom. The van der Waals surface area contributed by atoms with E-state index in [1.165, 1.54) is 17.4 Å². The standard InChI is InChI=1S/C18H19F3N4O4S2/c19-18(20,21)17-23-14(24-29-17)11-3-4-12(31-11)15(26)22-8-10-9-28-6-5-25(10)16(27)13-2-1-7-30-13/h1-4,7,10,14,17,23-24H,5-6,8-9H2,(H,22,26). The first kappa shape index (κ1) is 22.2. The molecule has 0 spiro atoms. The number of ether oxygens (including phenoxy) is 1. The van der Waals surface area contributed by atoms with Crippen molar-refractivity contribution in [1.82, 2.24) is 21.0 Å². The van der Waals surface area contributed by atoms with Gasteiger partial charge in [0.05, 0.1) is 29.0 Å². The molecule has 0 saturated carbocycles. The number of nitrogens with one attached hydrogen (secondary N) is 3. The molecular formula is C18H19F3N4O4S2. The second kappa shape index (κ2) is 9.22. The van der Waals surface area contributed by atoms with Gasteiger partial charge in [-0.25, -0.2) is 0 Å².